The Morgan fingerprint density at radius 3 is 2.76 bits per heavy atom. The normalized spacial score (nSPS) is 12.9. The Morgan fingerprint density at radius 2 is 2.29 bits per heavy atom. The van der Waals surface area contributed by atoms with Gasteiger partial charge in [0, 0.05) is 22.6 Å². The van der Waals surface area contributed by atoms with E-state index in [0.717, 1.165) is 14.8 Å². The van der Waals surface area contributed by atoms with Gasteiger partial charge in [-0.15, -0.1) is 11.3 Å². The molecule has 17 heavy (non-hydrogen) atoms. The summed E-state index contributed by atoms with van der Waals surface area (Å²) in [6, 6.07) is 4.39. The van der Waals surface area contributed by atoms with Gasteiger partial charge in [-0.3, -0.25) is 4.68 Å². The molecule has 0 amide bonds. The van der Waals surface area contributed by atoms with E-state index in [1.54, 1.807) is 11.3 Å². The van der Waals surface area contributed by atoms with Gasteiger partial charge in [0.25, 0.3) is 0 Å². The van der Waals surface area contributed by atoms with Gasteiger partial charge in [-0.25, -0.2) is 0 Å². The summed E-state index contributed by atoms with van der Waals surface area (Å²) < 4.78 is 4.13. The molecule has 6 heteroatoms. The van der Waals surface area contributed by atoms with Crippen LogP contribution in [0.25, 0.3) is 0 Å². The highest BCUT2D eigenvalue weighted by Crippen LogP contribution is 2.37. The highest BCUT2D eigenvalue weighted by atomic mass is 79.9. The molecule has 0 aliphatic rings. The minimum Gasteiger partial charge on any atom is -0.305 e. The van der Waals surface area contributed by atoms with Crippen LogP contribution < -0.4 is 5.32 Å². The summed E-state index contributed by atoms with van der Waals surface area (Å²) in [5, 5.41) is 7.72. The van der Waals surface area contributed by atoms with Crippen molar-refractivity contribution in [2.24, 2.45) is 7.05 Å². The summed E-state index contributed by atoms with van der Waals surface area (Å²) in [4.78, 5) is 1.27. The third-order valence-electron chi connectivity index (χ3n) is 2.51. The van der Waals surface area contributed by atoms with Crippen LogP contribution in [0.2, 0.25) is 0 Å². The predicted molar refractivity (Wildman–Crippen MR) is 78.4 cm³/mol. The number of thiophene rings is 1. The van der Waals surface area contributed by atoms with Crippen LogP contribution in [0.15, 0.2) is 26.6 Å². The van der Waals surface area contributed by atoms with Gasteiger partial charge >= 0.3 is 0 Å². The molecular weight excluding hydrogens is 366 g/mol. The first-order chi connectivity index (χ1) is 8.13. The molecule has 0 fully saturated rings. The highest BCUT2D eigenvalue weighted by Gasteiger charge is 2.19. The minimum atomic E-state index is 0.195. The second kappa shape index (κ2) is 5.65. The Bertz CT molecular complexity index is 487. The monoisotopic (exact) mass is 377 g/mol. The van der Waals surface area contributed by atoms with Gasteiger partial charge in [-0.05, 0) is 50.5 Å². The highest BCUT2D eigenvalue weighted by molar-refractivity contribution is 9.13. The number of aryl methyl sites for hydroxylation is 1. The molecule has 2 rings (SSSR count). The predicted octanol–water partition coefficient (Wildman–Crippen LogP) is 3.71. The largest absolute Gasteiger partial charge is 0.305 e. The van der Waals surface area contributed by atoms with E-state index in [4.69, 9.17) is 0 Å². The molecule has 1 unspecified atom stereocenters. The van der Waals surface area contributed by atoms with E-state index in [2.05, 4.69) is 61.3 Å². The van der Waals surface area contributed by atoms with Gasteiger partial charge in [-0.1, -0.05) is 6.92 Å². The maximum absolute atomic E-state index is 4.23. The molecule has 1 atom stereocenters. The molecule has 0 aromatic carbocycles. The van der Waals surface area contributed by atoms with E-state index in [1.165, 1.54) is 10.6 Å². The van der Waals surface area contributed by atoms with Gasteiger partial charge in [0.2, 0.25) is 0 Å². The van der Waals surface area contributed by atoms with Crippen LogP contribution >= 0.6 is 43.2 Å². The Morgan fingerprint density at radius 1 is 1.53 bits per heavy atom. The van der Waals surface area contributed by atoms with Crippen LogP contribution in [0, 0.1) is 0 Å². The molecule has 0 aliphatic heterocycles. The number of hydrogen-bond acceptors (Lipinski definition) is 3. The average Bonchev–Trinajstić information content (AvgIpc) is 2.83. The molecule has 2 aromatic heterocycles. The van der Waals surface area contributed by atoms with Crippen LogP contribution in [0.5, 0.6) is 0 Å². The van der Waals surface area contributed by atoms with Gasteiger partial charge < -0.3 is 5.32 Å². The van der Waals surface area contributed by atoms with Gasteiger partial charge in [0.15, 0.2) is 0 Å². The zero-order chi connectivity index (χ0) is 12.4. The van der Waals surface area contributed by atoms with E-state index >= 15 is 0 Å². The third kappa shape index (κ3) is 2.81. The topological polar surface area (TPSA) is 29.9 Å². The van der Waals surface area contributed by atoms with Crippen LogP contribution in [-0.4, -0.2) is 16.3 Å². The molecule has 92 valence electrons. The summed E-state index contributed by atoms with van der Waals surface area (Å²) in [6.07, 6.45) is 1.83. The zero-order valence-corrected chi connectivity index (χ0v) is 13.6. The van der Waals surface area contributed by atoms with Gasteiger partial charge in [-0.2, -0.15) is 5.10 Å². The lowest BCUT2D eigenvalue weighted by Crippen LogP contribution is -2.23. The first-order valence-corrected chi connectivity index (χ1v) is 7.69. The van der Waals surface area contributed by atoms with Crippen LogP contribution in [-0.2, 0) is 7.05 Å². The lowest BCUT2D eigenvalue weighted by Gasteiger charge is -2.16. The number of hydrogen-bond donors (Lipinski definition) is 1. The molecule has 2 aromatic rings. The van der Waals surface area contributed by atoms with Crippen molar-refractivity contribution in [1.29, 1.82) is 0 Å². The molecule has 0 radical (unpaired) electrons. The van der Waals surface area contributed by atoms with Crippen molar-refractivity contribution in [3.8, 4) is 0 Å². The first kappa shape index (κ1) is 13.3. The molecular formula is C11H13Br2N3S. The second-order valence-corrected chi connectivity index (χ2v) is 6.90. The number of nitrogens with one attached hydrogen (secondary N) is 1. The van der Waals surface area contributed by atoms with Gasteiger partial charge in [0.05, 0.1) is 15.5 Å². The van der Waals surface area contributed by atoms with E-state index in [0.29, 0.717) is 0 Å². The van der Waals surface area contributed by atoms with Crippen molar-refractivity contribution in [3.63, 3.8) is 0 Å². The summed E-state index contributed by atoms with van der Waals surface area (Å²) in [7, 11) is 1.97. The lowest BCUT2D eigenvalue weighted by molar-refractivity contribution is 0.579. The van der Waals surface area contributed by atoms with E-state index < -0.39 is 0 Å². The van der Waals surface area contributed by atoms with Crippen molar-refractivity contribution < 1.29 is 0 Å². The number of rotatable bonds is 4. The Kier molecular flexibility index (Phi) is 4.41. The summed E-state index contributed by atoms with van der Waals surface area (Å²) in [5.41, 5.74) is 1.17. The molecule has 0 spiro atoms. The minimum absolute atomic E-state index is 0.195. The fraction of sp³-hybridized carbons (Fsp3) is 0.364. The standard InChI is InChI=1S/C11H13Br2N3S/c1-3-14-10(8-4-5-15-16(8)2)9-6-7(12)11(13)17-9/h4-6,10,14H,3H2,1-2H3. The third-order valence-corrected chi connectivity index (χ3v) is 5.83. The molecule has 0 bridgehead atoms. The number of halogens is 2. The van der Waals surface area contributed by atoms with Crippen molar-refractivity contribution in [3.05, 3.63) is 37.2 Å². The van der Waals surface area contributed by atoms with Crippen molar-refractivity contribution in [2.45, 2.75) is 13.0 Å². The quantitative estimate of drug-likeness (QED) is 0.878. The smallest absolute Gasteiger partial charge is 0.0843 e. The Hall–Kier alpha value is -0.170. The molecule has 2 heterocycles. The molecule has 3 nitrogen and oxygen atoms in total. The maximum atomic E-state index is 4.23. The molecule has 0 saturated carbocycles. The lowest BCUT2D eigenvalue weighted by atomic mass is 10.1. The van der Waals surface area contributed by atoms with Crippen molar-refractivity contribution in [1.82, 2.24) is 15.1 Å². The van der Waals surface area contributed by atoms with Crippen LogP contribution in [0.3, 0.4) is 0 Å². The molecule has 1 N–H and O–H groups in total. The number of nitrogens with zero attached hydrogens (tertiary/aromatic N) is 2. The zero-order valence-electron chi connectivity index (χ0n) is 9.58. The van der Waals surface area contributed by atoms with Crippen LogP contribution in [0.1, 0.15) is 23.5 Å². The fourth-order valence-electron chi connectivity index (χ4n) is 1.73. The SMILES string of the molecule is CCNC(c1cc(Br)c(Br)s1)c1ccnn1C. The van der Waals surface area contributed by atoms with Crippen LogP contribution in [0.4, 0.5) is 0 Å². The summed E-state index contributed by atoms with van der Waals surface area (Å²) in [5.74, 6) is 0. The summed E-state index contributed by atoms with van der Waals surface area (Å²) in [6.45, 7) is 3.03. The van der Waals surface area contributed by atoms with Crippen molar-refractivity contribution in [2.75, 3.05) is 6.54 Å². The van der Waals surface area contributed by atoms with E-state index in [1.807, 2.05) is 17.9 Å². The first-order valence-electron chi connectivity index (χ1n) is 5.29. The molecule has 0 saturated heterocycles. The second-order valence-electron chi connectivity index (χ2n) is 3.64. The average molecular weight is 379 g/mol. The maximum Gasteiger partial charge on any atom is 0.0843 e. The van der Waals surface area contributed by atoms with Gasteiger partial charge in [0.1, 0.15) is 0 Å². The Labute approximate surface area is 121 Å². The summed E-state index contributed by atoms with van der Waals surface area (Å²) >= 11 is 8.80. The molecule has 0 aliphatic carbocycles. The van der Waals surface area contributed by atoms with Crippen molar-refractivity contribution >= 4 is 43.2 Å². The Balaban J connectivity index is 2.39. The number of aromatic nitrogens is 2. The van der Waals surface area contributed by atoms with E-state index in [9.17, 15) is 0 Å². The fourth-order valence-corrected chi connectivity index (χ4v) is 3.91. The van der Waals surface area contributed by atoms with E-state index in [-0.39, 0.29) is 6.04 Å².